The van der Waals surface area contributed by atoms with Gasteiger partial charge in [-0.05, 0) is 37.0 Å². The highest BCUT2D eigenvalue weighted by atomic mass is 16.2. The van der Waals surface area contributed by atoms with Crippen LogP contribution in [0, 0.1) is 0 Å². The van der Waals surface area contributed by atoms with E-state index in [1.54, 1.807) is 4.68 Å². The molecule has 0 unspecified atom stereocenters. The van der Waals surface area contributed by atoms with Crippen molar-refractivity contribution in [2.45, 2.75) is 31.7 Å². The van der Waals surface area contributed by atoms with Gasteiger partial charge in [-0.3, -0.25) is 9.59 Å². The van der Waals surface area contributed by atoms with Crippen molar-refractivity contribution in [1.29, 1.82) is 0 Å². The Morgan fingerprint density at radius 2 is 1.44 bits per heavy atom. The Bertz CT molecular complexity index is 1290. The Hall–Kier alpha value is -4.19. The molecular weight excluding hydrogens is 448 g/mol. The Kier molecular flexibility index (Phi) is 7.22. The number of amides is 2. The first kappa shape index (κ1) is 23.5. The first-order valence-corrected chi connectivity index (χ1v) is 12.5. The zero-order chi connectivity index (χ0) is 24.7. The quantitative estimate of drug-likeness (QED) is 0.411. The zero-order valence-corrected chi connectivity index (χ0v) is 20.2. The minimum Gasteiger partial charge on any atom is -0.353 e. The van der Waals surface area contributed by atoms with Crippen molar-refractivity contribution in [1.82, 2.24) is 20.0 Å². The molecule has 6 nitrogen and oxygen atoms in total. The molecular formula is C30H30N4O2. The molecule has 2 amide bonds. The topological polar surface area (TPSA) is 67.2 Å². The Morgan fingerprint density at radius 1 is 0.833 bits per heavy atom. The van der Waals surface area contributed by atoms with Crippen molar-refractivity contribution < 1.29 is 9.59 Å². The van der Waals surface area contributed by atoms with E-state index in [-0.39, 0.29) is 17.9 Å². The monoisotopic (exact) mass is 478 g/mol. The van der Waals surface area contributed by atoms with Crippen molar-refractivity contribution in [3.8, 4) is 16.9 Å². The van der Waals surface area contributed by atoms with Crippen molar-refractivity contribution in [3.05, 3.63) is 108 Å². The molecule has 6 heteroatoms. The number of aryl methyl sites for hydroxylation is 1. The maximum absolute atomic E-state index is 13.6. The lowest BCUT2D eigenvalue weighted by Crippen LogP contribution is -2.46. The first-order valence-electron chi connectivity index (χ1n) is 12.5. The van der Waals surface area contributed by atoms with Crippen LogP contribution in [0.2, 0.25) is 0 Å². The van der Waals surface area contributed by atoms with Gasteiger partial charge in [0.2, 0.25) is 5.91 Å². The minimum atomic E-state index is -0.0233. The van der Waals surface area contributed by atoms with Crippen molar-refractivity contribution in [2.75, 3.05) is 13.1 Å². The number of piperidine rings is 1. The SMILES string of the molecule is O=C(CCc1ccccc1)NC1CCN(C(=O)c2cn(-c3ccccc3)nc2-c2ccccc2)CC1. The summed E-state index contributed by atoms with van der Waals surface area (Å²) in [7, 11) is 0. The zero-order valence-electron chi connectivity index (χ0n) is 20.2. The molecule has 5 rings (SSSR count). The summed E-state index contributed by atoms with van der Waals surface area (Å²) in [6.07, 6.45) is 4.53. The molecule has 1 N–H and O–H groups in total. The molecule has 3 aromatic carbocycles. The molecule has 0 spiro atoms. The summed E-state index contributed by atoms with van der Waals surface area (Å²) >= 11 is 0. The smallest absolute Gasteiger partial charge is 0.257 e. The lowest BCUT2D eigenvalue weighted by atomic mass is 10.0. The number of para-hydroxylation sites is 1. The van der Waals surface area contributed by atoms with Crippen LogP contribution in [0.25, 0.3) is 16.9 Å². The molecule has 1 aliphatic rings. The lowest BCUT2D eigenvalue weighted by Gasteiger charge is -2.32. The molecule has 4 aromatic rings. The Morgan fingerprint density at radius 3 is 2.11 bits per heavy atom. The summed E-state index contributed by atoms with van der Waals surface area (Å²) in [4.78, 5) is 28.0. The van der Waals surface area contributed by atoms with Crippen LogP contribution < -0.4 is 5.32 Å². The number of aromatic nitrogens is 2. The molecule has 0 bridgehead atoms. The molecule has 182 valence electrons. The van der Waals surface area contributed by atoms with Crippen molar-refractivity contribution >= 4 is 11.8 Å². The predicted octanol–water partition coefficient (Wildman–Crippen LogP) is 4.89. The number of hydrogen-bond donors (Lipinski definition) is 1. The second kappa shape index (κ2) is 11.0. The summed E-state index contributed by atoms with van der Waals surface area (Å²) in [5.41, 5.74) is 4.26. The van der Waals surface area contributed by atoms with E-state index >= 15 is 0 Å². The molecule has 0 atom stereocenters. The predicted molar refractivity (Wildman–Crippen MR) is 141 cm³/mol. The van der Waals surface area contributed by atoms with Gasteiger partial charge < -0.3 is 10.2 Å². The van der Waals surface area contributed by atoms with Crippen LogP contribution in [-0.2, 0) is 11.2 Å². The van der Waals surface area contributed by atoms with E-state index in [2.05, 4.69) is 5.32 Å². The molecule has 36 heavy (non-hydrogen) atoms. The van der Waals surface area contributed by atoms with Gasteiger partial charge in [0, 0.05) is 37.3 Å². The maximum Gasteiger partial charge on any atom is 0.257 e. The summed E-state index contributed by atoms with van der Waals surface area (Å²) in [5.74, 6) is 0.0454. The first-order chi connectivity index (χ1) is 17.7. The Balaban J connectivity index is 1.24. The van der Waals surface area contributed by atoms with Gasteiger partial charge in [-0.1, -0.05) is 78.9 Å². The number of nitrogens with zero attached hydrogens (tertiary/aromatic N) is 3. The highest BCUT2D eigenvalue weighted by molar-refractivity contribution is 6.00. The second-order valence-corrected chi connectivity index (χ2v) is 9.16. The molecule has 0 aliphatic carbocycles. The van der Waals surface area contributed by atoms with E-state index in [1.807, 2.05) is 102 Å². The van der Waals surface area contributed by atoms with E-state index < -0.39 is 0 Å². The standard InChI is InChI=1S/C30H30N4O2/c35-28(17-16-23-10-4-1-5-11-23)31-25-18-20-33(21-19-25)30(36)27-22-34(26-14-8-3-9-15-26)32-29(27)24-12-6-2-7-13-24/h1-15,22,25H,16-21H2,(H,31,35). The second-order valence-electron chi connectivity index (χ2n) is 9.16. The summed E-state index contributed by atoms with van der Waals surface area (Å²) in [6, 6.07) is 29.8. The molecule has 0 saturated carbocycles. The van der Waals surface area contributed by atoms with E-state index in [9.17, 15) is 9.59 Å². The number of nitrogens with one attached hydrogen (secondary N) is 1. The van der Waals surface area contributed by atoms with E-state index in [0.717, 1.165) is 30.5 Å². The maximum atomic E-state index is 13.6. The van der Waals surface area contributed by atoms with Crippen LogP contribution in [0.1, 0.15) is 35.2 Å². The largest absolute Gasteiger partial charge is 0.353 e. The molecule has 1 saturated heterocycles. The van der Waals surface area contributed by atoms with Crippen LogP contribution >= 0.6 is 0 Å². The number of benzene rings is 3. The van der Waals surface area contributed by atoms with Gasteiger partial charge in [0.15, 0.2) is 0 Å². The lowest BCUT2D eigenvalue weighted by molar-refractivity contribution is -0.122. The molecule has 1 aliphatic heterocycles. The fraction of sp³-hybridized carbons (Fsp3) is 0.233. The molecule has 1 fully saturated rings. The normalized spacial score (nSPS) is 13.9. The van der Waals surface area contributed by atoms with Crippen LogP contribution in [0.5, 0.6) is 0 Å². The van der Waals surface area contributed by atoms with Crippen LogP contribution in [-0.4, -0.2) is 45.6 Å². The van der Waals surface area contributed by atoms with Crippen LogP contribution in [0.3, 0.4) is 0 Å². The summed E-state index contributed by atoms with van der Waals surface area (Å²) in [6.45, 7) is 1.21. The average Bonchev–Trinajstić information content (AvgIpc) is 3.39. The van der Waals surface area contributed by atoms with Crippen molar-refractivity contribution in [3.63, 3.8) is 0 Å². The van der Waals surface area contributed by atoms with E-state index in [0.29, 0.717) is 30.8 Å². The number of carbonyl (C=O) groups excluding carboxylic acids is 2. The third kappa shape index (κ3) is 5.54. The minimum absolute atomic E-state index is 0.0233. The van der Waals surface area contributed by atoms with Gasteiger partial charge in [-0.2, -0.15) is 5.10 Å². The van der Waals surface area contributed by atoms with E-state index in [1.165, 1.54) is 5.56 Å². The highest BCUT2D eigenvalue weighted by Gasteiger charge is 2.28. The molecule has 0 radical (unpaired) electrons. The molecule has 1 aromatic heterocycles. The number of likely N-dealkylation sites (tertiary alicyclic amines) is 1. The summed E-state index contributed by atoms with van der Waals surface area (Å²) in [5, 5.41) is 7.94. The van der Waals surface area contributed by atoms with Crippen LogP contribution in [0.15, 0.2) is 97.2 Å². The third-order valence-corrected chi connectivity index (χ3v) is 6.64. The van der Waals surface area contributed by atoms with E-state index in [4.69, 9.17) is 5.10 Å². The number of hydrogen-bond acceptors (Lipinski definition) is 3. The highest BCUT2D eigenvalue weighted by Crippen LogP contribution is 2.26. The Labute approximate surface area is 211 Å². The number of carbonyl (C=O) groups is 2. The van der Waals surface area contributed by atoms with Gasteiger partial charge in [-0.15, -0.1) is 0 Å². The van der Waals surface area contributed by atoms with Gasteiger partial charge in [0.1, 0.15) is 5.69 Å². The van der Waals surface area contributed by atoms with Gasteiger partial charge in [0.05, 0.1) is 11.3 Å². The van der Waals surface area contributed by atoms with Crippen LogP contribution in [0.4, 0.5) is 0 Å². The summed E-state index contributed by atoms with van der Waals surface area (Å²) < 4.78 is 1.77. The van der Waals surface area contributed by atoms with Gasteiger partial charge in [0.25, 0.3) is 5.91 Å². The van der Waals surface area contributed by atoms with Gasteiger partial charge >= 0.3 is 0 Å². The van der Waals surface area contributed by atoms with Crippen molar-refractivity contribution in [2.24, 2.45) is 0 Å². The fourth-order valence-electron chi connectivity index (χ4n) is 4.65. The fourth-order valence-corrected chi connectivity index (χ4v) is 4.65. The molecule has 2 heterocycles. The third-order valence-electron chi connectivity index (χ3n) is 6.64. The average molecular weight is 479 g/mol. The number of rotatable bonds is 7. The van der Waals surface area contributed by atoms with Gasteiger partial charge in [-0.25, -0.2) is 4.68 Å².